The van der Waals surface area contributed by atoms with Crippen molar-refractivity contribution in [1.29, 1.82) is 0 Å². The number of nitrogens with one attached hydrogen (secondary N) is 1. The summed E-state index contributed by atoms with van der Waals surface area (Å²) in [6.45, 7) is 0.876. The third kappa shape index (κ3) is 6.43. The van der Waals surface area contributed by atoms with E-state index >= 15 is 0 Å². The predicted octanol–water partition coefficient (Wildman–Crippen LogP) is 3.30. The second-order valence-electron chi connectivity index (χ2n) is 7.45. The van der Waals surface area contributed by atoms with Crippen LogP contribution in [-0.4, -0.2) is 49.7 Å². The van der Waals surface area contributed by atoms with Crippen molar-refractivity contribution in [2.24, 2.45) is 5.14 Å². The van der Waals surface area contributed by atoms with Crippen molar-refractivity contribution in [2.45, 2.75) is 41.1 Å². The van der Waals surface area contributed by atoms with E-state index in [0.29, 0.717) is 11.7 Å². The largest absolute Gasteiger partial charge is 0.376 e. The first-order chi connectivity index (χ1) is 14.2. The van der Waals surface area contributed by atoms with E-state index in [9.17, 15) is 18.5 Å². The quantitative estimate of drug-likeness (QED) is 0.306. The van der Waals surface area contributed by atoms with Crippen LogP contribution in [0, 0.1) is 10.1 Å². The van der Waals surface area contributed by atoms with E-state index in [-0.39, 0.29) is 16.6 Å². The SMILES string of the molecule is CN(CC[C@H](CSc1ccccc1)Nc1ccc(S(N)(=O)=O)cc1[N+](=O)[O-])C1CC1. The van der Waals surface area contributed by atoms with Gasteiger partial charge in [-0.2, -0.15) is 0 Å². The molecule has 30 heavy (non-hydrogen) atoms. The molecule has 0 aromatic heterocycles. The van der Waals surface area contributed by atoms with Crippen LogP contribution in [-0.2, 0) is 10.0 Å². The van der Waals surface area contributed by atoms with Crippen LogP contribution in [0.3, 0.4) is 0 Å². The fraction of sp³-hybridized carbons (Fsp3) is 0.400. The van der Waals surface area contributed by atoms with E-state index in [4.69, 9.17) is 5.14 Å². The minimum atomic E-state index is -4.02. The number of nitrogens with two attached hydrogens (primary N) is 1. The molecule has 1 aliphatic carbocycles. The van der Waals surface area contributed by atoms with Crippen LogP contribution < -0.4 is 10.5 Å². The monoisotopic (exact) mass is 450 g/mol. The maximum absolute atomic E-state index is 11.6. The molecule has 0 bridgehead atoms. The van der Waals surface area contributed by atoms with Crippen molar-refractivity contribution in [1.82, 2.24) is 4.90 Å². The normalized spacial score (nSPS) is 15.2. The first-order valence-corrected chi connectivity index (χ1v) is 12.2. The van der Waals surface area contributed by atoms with Crippen LogP contribution in [0.5, 0.6) is 0 Å². The molecule has 1 fully saturated rings. The molecule has 162 valence electrons. The van der Waals surface area contributed by atoms with Crippen LogP contribution in [0.15, 0.2) is 58.3 Å². The molecule has 0 radical (unpaired) electrons. The van der Waals surface area contributed by atoms with Crippen molar-refractivity contribution in [2.75, 3.05) is 24.7 Å². The number of nitro groups is 1. The van der Waals surface area contributed by atoms with Crippen molar-refractivity contribution < 1.29 is 13.3 Å². The molecule has 8 nitrogen and oxygen atoms in total. The smallest absolute Gasteiger partial charge is 0.293 e. The fourth-order valence-electron chi connectivity index (χ4n) is 3.15. The van der Waals surface area contributed by atoms with Crippen LogP contribution in [0.25, 0.3) is 0 Å². The Hall–Kier alpha value is -2.14. The van der Waals surface area contributed by atoms with E-state index < -0.39 is 14.9 Å². The molecule has 0 amide bonds. The Labute approximate surface area is 181 Å². The van der Waals surface area contributed by atoms with E-state index in [1.807, 2.05) is 30.3 Å². The van der Waals surface area contributed by atoms with Crippen molar-refractivity contribution in [3.63, 3.8) is 0 Å². The molecule has 0 heterocycles. The highest BCUT2D eigenvalue weighted by Gasteiger charge is 2.27. The number of nitro benzene ring substituents is 1. The Morgan fingerprint density at radius 1 is 1.27 bits per heavy atom. The highest BCUT2D eigenvalue weighted by atomic mass is 32.2. The zero-order valence-corrected chi connectivity index (χ0v) is 18.4. The third-order valence-electron chi connectivity index (χ3n) is 5.05. The van der Waals surface area contributed by atoms with Crippen LogP contribution in [0.4, 0.5) is 11.4 Å². The van der Waals surface area contributed by atoms with Gasteiger partial charge in [0.1, 0.15) is 5.69 Å². The molecule has 10 heteroatoms. The van der Waals surface area contributed by atoms with Crippen molar-refractivity contribution >= 4 is 33.2 Å². The number of anilines is 1. The van der Waals surface area contributed by atoms with Gasteiger partial charge < -0.3 is 10.2 Å². The van der Waals surface area contributed by atoms with Gasteiger partial charge in [0.05, 0.1) is 9.82 Å². The van der Waals surface area contributed by atoms with Gasteiger partial charge in [-0.15, -0.1) is 11.8 Å². The molecule has 2 aromatic carbocycles. The summed E-state index contributed by atoms with van der Waals surface area (Å²) in [6, 6.07) is 14.3. The average molecular weight is 451 g/mol. The average Bonchev–Trinajstić information content (AvgIpc) is 3.55. The molecule has 3 rings (SSSR count). The summed E-state index contributed by atoms with van der Waals surface area (Å²) in [5, 5.41) is 19.9. The third-order valence-corrected chi connectivity index (χ3v) is 7.13. The van der Waals surface area contributed by atoms with Gasteiger partial charge in [-0.25, -0.2) is 13.6 Å². The van der Waals surface area contributed by atoms with Gasteiger partial charge in [0.25, 0.3) is 5.69 Å². The first kappa shape index (κ1) is 22.5. The van der Waals surface area contributed by atoms with Crippen molar-refractivity contribution in [3.05, 3.63) is 58.6 Å². The Balaban J connectivity index is 1.77. The van der Waals surface area contributed by atoms with Gasteiger partial charge in [-0.1, -0.05) is 18.2 Å². The summed E-state index contributed by atoms with van der Waals surface area (Å²) in [6.07, 6.45) is 3.24. The lowest BCUT2D eigenvalue weighted by Gasteiger charge is -2.23. The van der Waals surface area contributed by atoms with E-state index in [1.165, 1.54) is 25.0 Å². The lowest BCUT2D eigenvalue weighted by molar-refractivity contribution is -0.384. The molecule has 0 unspecified atom stereocenters. The zero-order valence-electron chi connectivity index (χ0n) is 16.7. The van der Waals surface area contributed by atoms with E-state index in [2.05, 4.69) is 17.3 Å². The standard InChI is InChI=1S/C20H26N4O4S2/c1-23(16-7-8-16)12-11-15(14-29-17-5-3-2-4-6-17)22-19-10-9-18(30(21,27)28)13-20(19)24(25)26/h2-6,9-10,13,15-16,22H,7-8,11-12,14H2,1H3,(H2,21,27,28)/t15-/m1/s1. The minimum absolute atomic E-state index is 0.0320. The Bertz CT molecular complexity index is 982. The molecule has 1 aliphatic rings. The number of hydrogen-bond donors (Lipinski definition) is 2. The molecule has 1 atom stereocenters. The molecule has 2 aromatic rings. The van der Waals surface area contributed by atoms with Crippen molar-refractivity contribution in [3.8, 4) is 0 Å². The molecule has 0 aliphatic heterocycles. The number of nitrogens with zero attached hydrogens (tertiary/aromatic N) is 2. The van der Waals surface area contributed by atoms with Gasteiger partial charge in [0.15, 0.2) is 0 Å². The Morgan fingerprint density at radius 2 is 1.97 bits per heavy atom. The van der Waals surface area contributed by atoms with Crippen LogP contribution in [0.1, 0.15) is 19.3 Å². The van der Waals surface area contributed by atoms with Crippen LogP contribution >= 0.6 is 11.8 Å². The topological polar surface area (TPSA) is 119 Å². The van der Waals surface area contributed by atoms with Gasteiger partial charge in [-0.05, 0) is 50.6 Å². The highest BCUT2D eigenvalue weighted by molar-refractivity contribution is 7.99. The lowest BCUT2D eigenvalue weighted by Crippen LogP contribution is -2.30. The summed E-state index contributed by atoms with van der Waals surface area (Å²) in [5.41, 5.74) is -0.00748. The predicted molar refractivity (Wildman–Crippen MR) is 119 cm³/mol. The van der Waals surface area contributed by atoms with Gasteiger partial charge >= 0.3 is 0 Å². The molecular weight excluding hydrogens is 424 g/mol. The number of rotatable bonds is 11. The highest BCUT2D eigenvalue weighted by Crippen LogP contribution is 2.30. The molecular formula is C20H26N4O4S2. The maximum Gasteiger partial charge on any atom is 0.293 e. The van der Waals surface area contributed by atoms with E-state index in [1.54, 1.807) is 11.8 Å². The number of benzene rings is 2. The zero-order chi connectivity index (χ0) is 21.7. The molecule has 0 saturated heterocycles. The lowest BCUT2D eigenvalue weighted by atomic mass is 10.2. The molecule has 3 N–H and O–H groups in total. The summed E-state index contributed by atoms with van der Waals surface area (Å²) in [7, 11) is -1.92. The maximum atomic E-state index is 11.6. The van der Waals surface area contributed by atoms with Crippen LogP contribution in [0.2, 0.25) is 0 Å². The number of hydrogen-bond acceptors (Lipinski definition) is 7. The van der Waals surface area contributed by atoms with Gasteiger partial charge in [0.2, 0.25) is 10.0 Å². The Morgan fingerprint density at radius 3 is 2.57 bits per heavy atom. The summed E-state index contributed by atoms with van der Waals surface area (Å²) in [4.78, 5) is 14.1. The summed E-state index contributed by atoms with van der Waals surface area (Å²) >= 11 is 1.68. The number of primary sulfonamides is 1. The second-order valence-corrected chi connectivity index (χ2v) is 10.1. The second kappa shape index (κ2) is 9.78. The Kier molecular flexibility index (Phi) is 7.35. The fourth-order valence-corrected chi connectivity index (χ4v) is 4.68. The molecule has 1 saturated carbocycles. The van der Waals surface area contributed by atoms with Gasteiger partial charge in [-0.3, -0.25) is 10.1 Å². The van der Waals surface area contributed by atoms with E-state index in [0.717, 1.165) is 29.7 Å². The summed E-state index contributed by atoms with van der Waals surface area (Å²) in [5.74, 6) is 0.719. The number of thioether (sulfide) groups is 1. The van der Waals surface area contributed by atoms with Gasteiger partial charge in [0, 0.05) is 35.3 Å². The minimum Gasteiger partial charge on any atom is -0.376 e. The summed E-state index contributed by atoms with van der Waals surface area (Å²) < 4.78 is 23.1. The molecule has 0 spiro atoms. The number of sulfonamides is 1. The first-order valence-electron chi connectivity index (χ1n) is 9.70.